The van der Waals surface area contributed by atoms with Crippen molar-refractivity contribution in [3.05, 3.63) is 54.0 Å². The third-order valence-electron chi connectivity index (χ3n) is 2.62. The average molecular weight is 257 g/mol. The molecule has 19 heavy (non-hydrogen) atoms. The van der Waals surface area contributed by atoms with Crippen molar-refractivity contribution < 1.29 is 4.79 Å². The third-order valence-corrected chi connectivity index (χ3v) is 2.62. The molecule has 0 aliphatic heterocycles. The van der Waals surface area contributed by atoms with Crippen LogP contribution in [-0.4, -0.2) is 22.4 Å². The smallest absolute Gasteiger partial charge is 0.251 e. The number of nitrogens with zero attached hydrogens (tertiary/aromatic N) is 2. The van der Waals surface area contributed by atoms with Crippen LogP contribution in [0.15, 0.2) is 42.9 Å². The van der Waals surface area contributed by atoms with E-state index < -0.39 is 0 Å². The molecule has 6 heteroatoms. The SMILES string of the molecule is NNc1cc(C(=O)NCCc2ccncc2)ccn1. The number of carbonyl (C=O) groups excluding carboxylic acids is 1. The summed E-state index contributed by atoms with van der Waals surface area (Å²) in [6.45, 7) is 0.566. The van der Waals surface area contributed by atoms with Crippen LogP contribution >= 0.6 is 0 Å². The number of rotatable bonds is 5. The quantitative estimate of drug-likeness (QED) is 0.542. The van der Waals surface area contributed by atoms with Gasteiger partial charge in [0, 0.05) is 30.7 Å². The second-order valence-electron chi connectivity index (χ2n) is 3.94. The Morgan fingerprint density at radius 1 is 1.21 bits per heavy atom. The summed E-state index contributed by atoms with van der Waals surface area (Å²) < 4.78 is 0. The number of carbonyl (C=O) groups is 1. The summed E-state index contributed by atoms with van der Waals surface area (Å²) in [7, 11) is 0. The van der Waals surface area contributed by atoms with Crippen LogP contribution in [0.4, 0.5) is 5.82 Å². The predicted octanol–water partition coefficient (Wildman–Crippen LogP) is 0.735. The van der Waals surface area contributed by atoms with E-state index in [1.54, 1.807) is 24.5 Å². The summed E-state index contributed by atoms with van der Waals surface area (Å²) in [4.78, 5) is 19.8. The van der Waals surface area contributed by atoms with Crippen LogP contribution in [0.3, 0.4) is 0 Å². The second-order valence-corrected chi connectivity index (χ2v) is 3.94. The number of hydrogen-bond acceptors (Lipinski definition) is 5. The van der Waals surface area contributed by atoms with E-state index in [1.165, 1.54) is 6.20 Å². The number of hydrazine groups is 1. The fourth-order valence-corrected chi connectivity index (χ4v) is 1.62. The van der Waals surface area contributed by atoms with Crippen LogP contribution < -0.4 is 16.6 Å². The maximum absolute atomic E-state index is 11.9. The number of nitrogens with two attached hydrogens (primary N) is 1. The van der Waals surface area contributed by atoms with Gasteiger partial charge < -0.3 is 10.7 Å². The molecule has 0 unspecified atom stereocenters. The molecule has 4 N–H and O–H groups in total. The Morgan fingerprint density at radius 3 is 2.74 bits per heavy atom. The molecule has 0 aliphatic carbocycles. The van der Waals surface area contributed by atoms with E-state index in [-0.39, 0.29) is 5.91 Å². The molecule has 2 heterocycles. The van der Waals surface area contributed by atoms with Crippen LogP contribution in [0.25, 0.3) is 0 Å². The minimum Gasteiger partial charge on any atom is -0.352 e. The molecule has 0 radical (unpaired) electrons. The first-order valence-corrected chi connectivity index (χ1v) is 5.89. The highest BCUT2D eigenvalue weighted by molar-refractivity contribution is 5.94. The van der Waals surface area contributed by atoms with Gasteiger partial charge in [0.1, 0.15) is 5.82 Å². The maximum Gasteiger partial charge on any atom is 0.251 e. The molecule has 0 spiro atoms. The van der Waals surface area contributed by atoms with Gasteiger partial charge in [-0.1, -0.05) is 0 Å². The number of hydrogen-bond donors (Lipinski definition) is 3. The molecule has 1 amide bonds. The van der Waals surface area contributed by atoms with Crippen molar-refractivity contribution >= 4 is 11.7 Å². The summed E-state index contributed by atoms with van der Waals surface area (Å²) in [6.07, 6.45) is 5.77. The lowest BCUT2D eigenvalue weighted by molar-refractivity contribution is 0.0954. The lowest BCUT2D eigenvalue weighted by Crippen LogP contribution is -2.26. The van der Waals surface area contributed by atoms with Gasteiger partial charge in [-0.3, -0.25) is 9.78 Å². The van der Waals surface area contributed by atoms with E-state index in [2.05, 4.69) is 20.7 Å². The maximum atomic E-state index is 11.9. The number of pyridine rings is 2. The Hall–Kier alpha value is -2.47. The van der Waals surface area contributed by atoms with Crippen molar-refractivity contribution in [3.8, 4) is 0 Å². The van der Waals surface area contributed by atoms with E-state index in [0.29, 0.717) is 17.9 Å². The molecule has 98 valence electrons. The van der Waals surface area contributed by atoms with Gasteiger partial charge in [-0.15, -0.1) is 0 Å². The van der Waals surface area contributed by atoms with Gasteiger partial charge in [-0.2, -0.15) is 0 Å². The highest BCUT2D eigenvalue weighted by atomic mass is 16.1. The number of amides is 1. The second kappa shape index (κ2) is 6.46. The molecule has 0 aliphatic rings. The van der Waals surface area contributed by atoms with Gasteiger partial charge in [-0.05, 0) is 36.2 Å². The van der Waals surface area contributed by atoms with Gasteiger partial charge in [0.25, 0.3) is 5.91 Å². The summed E-state index contributed by atoms with van der Waals surface area (Å²) in [5.41, 5.74) is 4.07. The highest BCUT2D eigenvalue weighted by Crippen LogP contribution is 2.05. The minimum absolute atomic E-state index is 0.145. The Kier molecular flexibility index (Phi) is 4.41. The largest absolute Gasteiger partial charge is 0.352 e. The topological polar surface area (TPSA) is 92.9 Å². The van der Waals surface area contributed by atoms with Gasteiger partial charge in [-0.25, -0.2) is 10.8 Å². The van der Waals surface area contributed by atoms with Crippen molar-refractivity contribution in [1.82, 2.24) is 15.3 Å². The monoisotopic (exact) mass is 257 g/mol. The molecule has 0 fully saturated rings. The Labute approximate surface area is 111 Å². The molecule has 2 aromatic rings. The van der Waals surface area contributed by atoms with E-state index in [1.807, 2.05) is 12.1 Å². The fourth-order valence-electron chi connectivity index (χ4n) is 1.62. The first-order chi connectivity index (χ1) is 9.29. The van der Waals surface area contributed by atoms with Crippen molar-refractivity contribution in [1.29, 1.82) is 0 Å². The molecule has 2 rings (SSSR count). The molecule has 0 atom stereocenters. The molecule has 0 aromatic carbocycles. The van der Waals surface area contributed by atoms with Crippen LogP contribution in [-0.2, 0) is 6.42 Å². The van der Waals surface area contributed by atoms with Crippen molar-refractivity contribution in [3.63, 3.8) is 0 Å². The summed E-state index contributed by atoms with van der Waals surface area (Å²) in [5.74, 6) is 5.56. The Morgan fingerprint density at radius 2 is 2.00 bits per heavy atom. The highest BCUT2D eigenvalue weighted by Gasteiger charge is 2.05. The zero-order valence-corrected chi connectivity index (χ0v) is 10.3. The first-order valence-electron chi connectivity index (χ1n) is 5.89. The fraction of sp³-hybridized carbons (Fsp3) is 0.154. The van der Waals surface area contributed by atoms with Gasteiger partial charge in [0.2, 0.25) is 0 Å². The number of nitrogen functional groups attached to an aromatic ring is 1. The van der Waals surface area contributed by atoms with Crippen molar-refractivity contribution in [2.75, 3.05) is 12.0 Å². The standard InChI is InChI=1S/C13H15N5O/c14-18-12-9-11(4-8-16-12)13(19)17-7-3-10-1-5-15-6-2-10/h1-2,4-6,8-9H,3,7,14H2,(H,16,18)(H,17,19). The van der Waals surface area contributed by atoms with Crippen molar-refractivity contribution in [2.45, 2.75) is 6.42 Å². The molecule has 2 aromatic heterocycles. The predicted molar refractivity (Wildman–Crippen MR) is 72.3 cm³/mol. The minimum atomic E-state index is -0.145. The Balaban J connectivity index is 1.87. The summed E-state index contributed by atoms with van der Waals surface area (Å²) in [5, 5.41) is 2.84. The van der Waals surface area contributed by atoms with Gasteiger partial charge in [0.15, 0.2) is 0 Å². The number of aromatic nitrogens is 2. The number of nitrogens with one attached hydrogen (secondary N) is 2. The summed E-state index contributed by atoms with van der Waals surface area (Å²) >= 11 is 0. The van der Waals surface area contributed by atoms with Crippen molar-refractivity contribution in [2.24, 2.45) is 5.84 Å². The van der Waals surface area contributed by atoms with Crippen LogP contribution in [0.1, 0.15) is 15.9 Å². The van der Waals surface area contributed by atoms with Crippen LogP contribution in [0.5, 0.6) is 0 Å². The molecular formula is C13H15N5O. The molecule has 0 bridgehead atoms. The Bertz CT molecular complexity index is 544. The summed E-state index contributed by atoms with van der Waals surface area (Å²) in [6, 6.07) is 7.09. The van der Waals surface area contributed by atoms with E-state index in [0.717, 1.165) is 12.0 Å². The molecule has 0 saturated heterocycles. The molecule has 6 nitrogen and oxygen atoms in total. The number of anilines is 1. The van der Waals surface area contributed by atoms with Gasteiger partial charge in [0.05, 0.1) is 0 Å². The normalized spacial score (nSPS) is 9.95. The first kappa shape index (κ1) is 13.0. The van der Waals surface area contributed by atoms with Gasteiger partial charge >= 0.3 is 0 Å². The zero-order valence-electron chi connectivity index (χ0n) is 10.3. The lowest BCUT2D eigenvalue weighted by atomic mass is 10.2. The third kappa shape index (κ3) is 3.75. The lowest BCUT2D eigenvalue weighted by Gasteiger charge is -2.06. The van der Waals surface area contributed by atoms with E-state index in [9.17, 15) is 4.79 Å². The van der Waals surface area contributed by atoms with Crippen LogP contribution in [0.2, 0.25) is 0 Å². The zero-order chi connectivity index (χ0) is 13.5. The van der Waals surface area contributed by atoms with Crippen LogP contribution in [0, 0.1) is 0 Å². The van der Waals surface area contributed by atoms with E-state index >= 15 is 0 Å². The van der Waals surface area contributed by atoms with E-state index in [4.69, 9.17) is 5.84 Å². The molecule has 0 saturated carbocycles. The molecular weight excluding hydrogens is 242 g/mol. The average Bonchev–Trinajstić information content (AvgIpc) is 2.48.